The Morgan fingerprint density at radius 2 is 0.310 bits per heavy atom. The highest BCUT2D eigenvalue weighted by Crippen LogP contribution is 2.81. The summed E-state index contributed by atoms with van der Waals surface area (Å²) in [5.74, 6) is -66.8. The minimum absolute atomic E-state index is 0. The maximum absolute atomic E-state index is 14.2. The zero-order chi connectivity index (χ0) is 23.0. The van der Waals surface area contributed by atoms with Crippen LogP contribution in [0.3, 0.4) is 0 Å². The second-order valence-electron chi connectivity index (χ2n) is 5.91. The molecule has 0 aliphatic heterocycles. The van der Waals surface area contributed by atoms with Gasteiger partial charge < -0.3 is 0 Å². The van der Waals surface area contributed by atoms with Crippen molar-refractivity contribution >= 4 is 0 Å². The molecule has 0 radical (unpaired) electrons. The van der Waals surface area contributed by atoms with E-state index < -0.39 is 58.7 Å². The van der Waals surface area contributed by atoms with E-state index in [1.54, 1.807) is 0 Å². The van der Waals surface area contributed by atoms with Crippen molar-refractivity contribution in [3.63, 3.8) is 0 Å². The zero-order valence-corrected chi connectivity index (χ0v) is 12.2. The molecule has 174 valence electrons. The van der Waals surface area contributed by atoms with Gasteiger partial charge in [0.15, 0.2) is 0 Å². The van der Waals surface area contributed by atoms with E-state index in [0.717, 1.165) is 0 Å². The molecule has 0 amide bonds. The highest BCUT2D eigenvalue weighted by molar-refractivity contribution is 5.42. The Morgan fingerprint density at radius 1 is 0.207 bits per heavy atom. The number of rotatable bonds is 0. The van der Waals surface area contributed by atoms with Crippen molar-refractivity contribution in [3.05, 3.63) is 0 Å². The van der Waals surface area contributed by atoms with Gasteiger partial charge in [-0.05, 0) is 0 Å². The van der Waals surface area contributed by atoms with Crippen molar-refractivity contribution < 1.29 is 83.7 Å². The average molecular weight is 482 g/mol. The SMILES string of the molecule is F.FC1(F)C(F)(F)C(F)(F)C2(F)C(F)(F)C(F)(F)C(F)(F)C(F)(F)C2(F)C1(F)F. The van der Waals surface area contributed by atoms with Crippen molar-refractivity contribution in [1.29, 1.82) is 0 Å². The van der Waals surface area contributed by atoms with Gasteiger partial charge in [0.05, 0.1) is 0 Å². The Balaban J connectivity index is 0.00000420. The highest BCUT2D eigenvalue weighted by Gasteiger charge is 3.15. The number of fused-ring (bicyclic) bond motifs is 1. The molecule has 0 aromatic heterocycles. The van der Waals surface area contributed by atoms with Gasteiger partial charge in [-0.25, -0.2) is 8.78 Å². The van der Waals surface area contributed by atoms with E-state index in [1.165, 1.54) is 0 Å². The van der Waals surface area contributed by atoms with E-state index in [4.69, 9.17) is 0 Å². The third kappa shape index (κ3) is 1.70. The molecule has 0 heterocycles. The summed E-state index contributed by atoms with van der Waals surface area (Å²) in [4.78, 5) is 0. The highest BCUT2D eigenvalue weighted by atomic mass is 19.4. The predicted octanol–water partition coefficient (Wildman–Crippen LogP) is 5.67. The molecule has 0 aromatic carbocycles. The third-order valence-corrected chi connectivity index (χ3v) is 4.57. The van der Waals surface area contributed by atoms with Crippen LogP contribution in [0.1, 0.15) is 0 Å². The van der Waals surface area contributed by atoms with E-state index in [2.05, 4.69) is 0 Å². The van der Waals surface area contributed by atoms with Gasteiger partial charge in [-0.15, -0.1) is 0 Å². The molecule has 0 saturated heterocycles. The van der Waals surface area contributed by atoms with E-state index in [1.807, 2.05) is 0 Å². The zero-order valence-electron chi connectivity index (χ0n) is 12.2. The molecule has 0 spiro atoms. The summed E-state index contributed by atoms with van der Waals surface area (Å²) >= 11 is 0. The Kier molecular flexibility index (Phi) is 4.53. The molecule has 0 atom stereocenters. The van der Waals surface area contributed by atoms with Crippen molar-refractivity contribution in [2.45, 2.75) is 58.7 Å². The third-order valence-electron chi connectivity index (χ3n) is 4.57. The van der Waals surface area contributed by atoms with Crippen LogP contribution in [0.15, 0.2) is 0 Å². The smallest absolute Gasteiger partial charge is 0.269 e. The topological polar surface area (TPSA) is 0 Å². The first kappa shape index (κ1) is 25.7. The van der Waals surface area contributed by atoms with Gasteiger partial charge in [-0.3, -0.25) is 4.70 Å². The van der Waals surface area contributed by atoms with Gasteiger partial charge >= 0.3 is 47.4 Å². The van der Waals surface area contributed by atoms with Crippen molar-refractivity contribution in [1.82, 2.24) is 0 Å². The molecule has 0 unspecified atom stereocenters. The van der Waals surface area contributed by atoms with Gasteiger partial charge in [0, 0.05) is 0 Å². The van der Waals surface area contributed by atoms with Crippen LogP contribution in [0, 0.1) is 0 Å². The lowest BCUT2D eigenvalue weighted by atomic mass is 9.54. The van der Waals surface area contributed by atoms with Crippen LogP contribution in [0.25, 0.3) is 0 Å². The Hall–Kier alpha value is -1.33. The summed E-state index contributed by atoms with van der Waals surface area (Å²) in [5.41, 5.74) is -17.3. The van der Waals surface area contributed by atoms with Crippen LogP contribution < -0.4 is 0 Å². The number of halogens is 19. The molecule has 0 nitrogen and oxygen atoms in total. The summed E-state index contributed by atoms with van der Waals surface area (Å²) in [5, 5.41) is 0. The lowest BCUT2D eigenvalue weighted by molar-refractivity contribution is -0.560. The largest absolute Gasteiger partial charge is 0.382 e. The second kappa shape index (κ2) is 5.11. The first-order chi connectivity index (χ1) is 11.8. The standard InChI is InChI=1S/C10F18.FH/c11-1-2(12,5(17,18)9(25,26)7(21,22)3(1,13)14)6(19,20)10(27,28)8(23,24)4(1,15)16;/h;1H. The summed E-state index contributed by atoms with van der Waals surface area (Å²) < 4.78 is 241. The van der Waals surface area contributed by atoms with Gasteiger partial charge in [0.1, 0.15) is 0 Å². The molecular formula is C10HF19. The lowest BCUT2D eigenvalue weighted by Crippen LogP contribution is -2.98. The first-order valence-corrected chi connectivity index (χ1v) is 6.15. The minimum atomic E-state index is -8.64. The van der Waals surface area contributed by atoms with E-state index >= 15 is 0 Å². The van der Waals surface area contributed by atoms with Gasteiger partial charge in [-0.2, -0.15) is 70.2 Å². The van der Waals surface area contributed by atoms with Crippen LogP contribution in [0.2, 0.25) is 0 Å². The molecule has 2 aliphatic rings. The summed E-state index contributed by atoms with van der Waals surface area (Å²) in [6.07, 6.45) is 0. The van der Waals surface area contributed by atoms with Crippen LogP contribution in [-0.4, -0.2) is 58.7 Å². The molecular weight excluding hydrogens is 481 g/mol. The normalized spacial score (nSPS) is 41.6. The Morgan fingerprint density at radius 3 is 0.414 bits per heavy atom. The monoisotopic (exact) mass is 482 g/mol. The van der Waals surface area contributed by atoms with E-state index in [9.17, 15) is 79.0 Å². The molecule has 2 aliphatic carbocycles. The van der Waals surface area contributed by atoms with Crippen LogP contribution >= 0.6 is 0 Å². The quantitative estimate of drug-likeness (QED) is 0.391. The lowest BCUT2D eigenvalue weighted by Gasteiger charge is -2.63. The van der Waals surface area contributed by atoms with Crippen molar-refractivity contribution in [2.75, 3.05) is 0 Å². The number of alkyl halides is 18. The Bertz CT molecular complexity index is 588. The fraction of sp³-hybridized carbons (Fsp3) is 1.00. The molecule has 19 heteroatoms. The molecule has 29 heavy (non-hydrogen) atoms. The number of hydrogen-bond donors (Lipinski definition) is 0. The molecule has 2 fully saturated rings. The van der Waals surface area contributed by atoms with Gasteiger partial charge in [0.2, 0.25) is 0 Å². The van der Waals surface area contributed by atoms with Gasteiger partial charge in [-0.1, -0.05) is 0 Å². The van der Waals surface area contributed by atoms with E-state index in [0.29, 0.717) is 0 Å². The van der Waals surface area contributed by atoms with Crippen molar-refractivity contribution in [2.24, 2.45) is 0 Å². The predicted molar refractivity (Wildman–Crippen MR) is 49.8 cm³/mol. The number of hydrogen-bond acceptors (Lipinski definition) is 0. The molecule has 2 saturated carbocycles. The van der Waals surface area contributed by atoms with E-state index in [-0.39, 0.29) is 4.70 Å². The minimum Gasteiger partial charge on any atom is -0.269 e. The van der Waals surface area contributed by atoms with Gasteiger partial charge in [0.25, 0.3) is 11.3 Å². The fourth-order valence-corrected chi connectivity index (χ4v) is 2.91. The van der Waals surface area contributed by atoms with Crippen molar-refractivity contribution in [3.8, 4) is 0 Å². The van der Waals surface area contributed by atoms with Crippen LogP contribution in [-0.2, 0) is 0 Å². The first-order valence-electron chi connectivity index (χ1n) is 6.15. The molecule has 0 bridgehead atoms. The van der Waals surface area contributed by atoms with Crippen LogP contribution in [0.4, 0.5) is 83.7 Å². The van der Waals surface area contributed by atoms with Crippen LogP contribution in [0.5, 0.6) is 0 Å². The molecule has 0 N–H and O–H groups in total. The molecule has 2 rings (SSSR count). The summed E-state index contributed by atoms with van der Waals surface area (Å²) in [6.45, 7) is 0. The average Bonchev–Trinajstić information content (AvgIpc) is 2.49. The summed E-state index contributed by atoms with van der Waals surface area (Å²) in [7, 11) is 0. The fourth-order valence-electron chi connectivity index (χ4n) is 2.91. The maximum atomic E-state index is 14.2. The Labute approximate surface area is 144 Å². The summed E-state index contributed by atoms with van der Waals surface area (Å²) in [6, 6.07) is 0. The second-order valence-corrected chi connectivity index (χ2v) is 5.91. The molecule has 0 aromatic rings. The maximum Gasteiger partial charge on any atom is 0.382 e.